The molecule has 1 aromatic carbocycles. The van der Waals surface area contributed by atoms with Gasteiger partial charge in [0.05, 0.1) is 20.4 Å². The summed E-state index contributed by atoms with van der Waals surface area (Å²) < 4.78 is 13.4. The van der Waals surface area contributed by atoms with Crippen LogP contribution in [0.4, 0.5) is 15.8 Å². The van der Waals surface area contributed by atoms with Gasteiger partial charge in [0.25, 0.3) is 5.69 Å². The molecule has 14 heavy (non-hydrogen) atoms. The highest BCUT2D eigenvalue weighted by Crippen LogP contribution is 2.37. The Kier molecular flexibility index (Phi) is 1.85. The smallest absolute Gasteiger partial charge is 0.290 e. The number of thiophene rings is 1. The van der Waals surface area contributed by atoms with Gasteiger partial charge in [-0.3, -0.25) is 10.1 Å². The average Bonchev–Trinajstić information content (AvgIpc) is 2.56. The lowest BCUT2D eigenvalue weighted by atomic mass is 10.2. The summed E-state index contributed by atoms with van der Waals surface area (Å²) in [7, 11) is 0. The molecule has 0 unspecified atom stereocenters. The first-order chi connectivity index (χ1) is 6.61. The molecule has 72 valence electrons. The van der Waals surface area contributed by atoms with Crippen LogP contribution in [0.1, 0.15) is 0 Å². The van der Waals surface area contributed by atoms with Crippen LogP contribution in [0.5, 0.6) is 0 Å². The normalized spacial score (nSPS) is 10.6. The first kappa shape index (κ1) is 8.89. The fourth-order valence-corrected chi connectivity index (χ4v) is 2.21. The Hall–Kier alpha value is -1.69. The zero-order valence-electron chi connectivity index (χ0n) is 6.86. The van der Waals surface area contributed by atoms with Gasteiger partial charge in [-0.2, -0.15) is 0 Å². The summed E-state index contributed by atoms with van der Waals surface area (Å²) in [5, 5.41) is 12.1. The molecule has 0 aliphatic rings. The zero-order valence-corrected chi connectivity index (χ0v) is 7.68. The molecule has 0 radical (unpaired) electrons. The van der Waals surface area contributed by atoms with Crippen LogP contribution in [-0.4, -0.2) is 4.92 Å². The fourth-order valence-electron chi connectivity index (χ4n) is 1.26. The van der Waals surface area contributed by atoms with Gasteiger partial charge in [-0.25, -0.2) is 4.39 Å². The van der Waals surface area contributed by atoms with Crippen molar-refractivity contribution in [1.82, 2.24) is 0 Å². The van der Waals surface area contributed by atoms with E-state index < -0.39 is 10.7 Å². The van der Waals surface area contributed by atoms with E-state index in [0.717, 1.165) is 11.3 Å². The van der Waals surface area contributed by atoms with E-state index in [-0.39, 0.29) is 21.5 Å². The van der Waals surface area contributed by atoms with E-state index in [1.807, 2.05) is 0 Å². The fraction of sp³-hybridized carbons (Fsp3) is 0. The van der Waals surface area contributed by atoms with Crippen LogP contribution < -0.4 is 5.73 Å². The molecule has 0 amide bonds. The maximum atomic E-state index is 13.2. The molecule has 1 heterocycles. The Morgan fingerprint density at radius 2 is 2.21 bits per heavy atom. The van der Waals surface area contributed by atoms with Crippen LogP contribution in [0.25, 0.3) is 10.1 Å². The van der Waals surface area contributed by atoms with Gasteiger partial charge in [0.15, 0.2) is 0 Å². The van der Waals surface area contributed by atoms with E-state index in [2.05, 4.69) is 0 Å². The summed E-state index contributed by atoms with van der Waals surface area (Å²) in [4.78, 5) is 10.0. The van der Waals surface area contributed by atoms with Gasteiger partial charge in [-0.15, -0.1) is 11.3 Å². The molecule has 4 nitrogen and oxygen atoms in total. The third kappa shape index (κ3) is 1.12. The number of halogens is 1. The maximum absolute atomic E-state index is 13.2. The Morgan fingerprint density at radius 3 is 2.86 bits per heavy atom. The molecule has 0 atom stereocenters. The molecule has 2 rings (SSSR count). The molecule has 6 heteroatoms. The number of nitrogens with zero attached hydrogens (tertiary/aromatic N) is 1. The predicted molar refractivity (Wildman–Crippen MR) is 52.8 cm³/mol. The summed E-state index contributed by atoms with van der Waals surface area (Å²) in [6.07, 6.45) is 0. The molecule has 0 aliphatic carbocycles. The SMILES string of the molecule is Nc1ccc(F)c2scc([N+](=O)[O-])c12. The molecule has 0 fully saturated rings. The number of fused-ring (bicyclic) bond motifs is 1. The van der Waals surface area contributed by atoms with Gasteiger partial charge < -0.3 is 5.73 Å². The second-order valence-electron chi connectivity index (χ2n) is 2.72. The van der Waals surface area contributed by atoms with Gasteiger partial charge in [0, 0.05) is 5.69 Å². The average molecular weight is 212 g/mol. The van der Waals surface area contributed by atoms with Gasteiger partial charge >= 0.3 is 0 Å². The Balaban J connectivity index is 2.90. The highest BCUT2D eigenvalue weighted by molar-refractivity contribution is 7.17. The number of anilines is 1. The van der Waals surface area contributed by atoms with E-state index in [4.69, 9.17) is 5.73 Å². The third-order valence-corrected chi connectivity index (χ3v) is 2.86. The minimum Gasteiger partial charge on any atom is -0.398 e. The summed E-state index contributed by atoms with van der Waals surface area (Å²) in [5.74, 6) is -0.479. The minimum atomic E-state index is -0.561. The van der Waals surface area contributed by atoms with E-state index in [1.165, 1.54) is 17.5 Å². The Labute approximate surface area is 81.9 Å². The van der Waals surface area contributed by atoms with E-state index in [1.54, 1.807) is 0 Å². The quantitative estimate of drug-likeness (QED) is 0.448. The Morgan fingerprint density at radius 1 is 1.50 bits per heavy atom. The summed E-state index contributed by atoms with van der Waals surface area (Å²) in [5.41, 5.74) is 5.64. The van der Waals surface area contributed by atoms with E-state index in [9.17, 15) is 14.5 Å². The maximum Gasteiger partial charge on any atom is 0.290 e. The molecular weight excluding hydrogens is 207 g/mol. The second-order valence-corrected chi connectivity index (χ2v) is 3.60. The molecule has 0 aliphatic heterocycles. The van der Waals surface area contributed by atoms with Crippen molar-refractivity contribution in [2.45, 2.75) is 0 Å². The monoisotopic (exact) mass is 212 g/mol. The largest absolute Gasteiger partial charge is 0.398 e. The molecule has 1 aromatic heterocycles. The van der Waals surface area contributed by atoms with Gasteiger partial charge in [0.1, 0.15) is 5.82 Å². The van der Waals surface area contributed by atoms with Gasteiger partial charge in [-0.1, -0.05) is 0 Å². The Bertz CT molecular complexity index is 523. The predicted octanol–water partition coefficient (Wildman–Crippen LogP) is 2.53. The molecule has 2 aromatic rings. The van der Waals surface area contributed by atoms with Crippen molar-refractivity contribution < 1.29 is 9.31 Å². The number of rotatable bonds is 1. The van der Waals surface area contributed by atoms with Crippen LogP contribution in [0, 0.1) is 15.9 Å². The van der Waals surface area contributed by atoms with Crippen LogP contribution >= 0.6 is 11.3 Å². The molecule has 0 saturated carbocycles. The number of nitrogens with two attached hydrogens (primary N) is 1. The minimum absolute atomic E-state index is 0.137. The topological polar surface area (TPSA) is 69.2 Å². The number of benzene rings is 1. The lowest BCUT2D eigenvalue weighted by molar-refractivity contribution is -0.382. The van der Waals surface area contributed by atoms with Gasteiger partial charge in [0.2, 0.25) is 0 Å². The molecule has 0 spiro atoms. The number of nitrogen functional groups attached to an aromatic ring is 1. The van der Waals surface area contributed by atoms with Gasteiger partial charge in [-0.05, 0) is 12.1 Å². The van der Waals surface area contributed by atoms with E-state index in [0.29, 0.717) is 0 Å². The highest BCUT2D eigenvalue weighted by atomic mass is 32.1. The van der Waals surface area contributed by atoms with Crippen molar-refractivity contribution in [1.29, 1.82) is 0 Å². The van der Waals surface area contributed by atoms with Crippen molar-refractivity contribution in [3.63, 3.8) is 0 Å². The first-order valence-electron chi connectivity index (χ1n) is 3.71. The molecule has 0 saturated heterocycles. The van der Waals surface area contributed by atoms with Crippen LogP contribution in [0.2, 0.25) is 0 Å². The molecular formula is C8H5FN2O2S. The first-order valence-corrected chi connectivity index (χ1v) is 4.59. The summed E-state index contributed by atoms with van der Waals surface area (Å²) >= 11 is 0.986. The highest BCUT2D eigenvalue weighted by Gasteiger charge is 2.18. The molecule has 2 N–H and O–H groups in total. The van der Waals surface area contributed by atoms with Crippen molar-refractivity contribution in [2.24, 2.45) is 0 Å². The van der Waals surface area contributed by atoms with E-state index >= 15 is 0 Å². The zero-order chi connectivity index (χ0) is 10.3. The van der Waals surface area contributed by atoms with Crippen molar-refractivity contribution >= 4 is 32.8 Å². The second kappa shape index (κ2) is 2.91. The van der Waals surface area contributed by atoms with Crippen LogP contribution in [-0.2, 0) is 0 Å². The number of hydrogen-bond acceptors (Lipinski definition) is 4. The number of hydrogen-bond donors (Lipinski definition) is 1. The number of nitro groups is 1. The third-order valence-electron chi connectivity index (χ3n) is 1.88. The lowest BCUT2D eigenvalue weighted by Gasteiger charge is -1.96. The summed E-state index contributed by atoms with van der Waals surface area (Å²) in [6.45, 7) is 0. The van der Waals surface area contributed by atoms with Crippen molar-refractivity contribution in [2.75, 3.05) is 5.73 Å². The van der Waals surface area contributed by atoms with Crippen LogP contribution in [0.3, 0.4) is 0 Å². The van der Waals surface area contributed by atoms with Crippen LogP contribution in [0.15, 0.2) is 17.5 Å². The lowest BCUT2D eigenvalue weighted by Crippen LogP contribution is -1.91. The molecule has 0 bridgehead atoms. The standard InChI is InChI=1S/C8H5FN2O2S/c9-4-1-2-5(10)7-6(11(12)13)3-14-8(4)7/h1-3H,10H2. The summed E-state index contributed by atoms with van der Waals surface area (Å²) in [6, 6.07) is 2.54. The van der Waals surface area contributed by atoms with Crippen molar-refractivity contribution in [3.05, 3.63) is 33.4 Å². The van der Waals surface area contributed by atoms with Crippen molar-refractivity contribution in [3.8, 4) is 0 Å².